The summed E-state index contributed by atoms with van der Waals surface area (Å²) in [7, 11) is 0. The van der Waals surface area contributed by atoms with Crippen molar-refractivity contribution in [3.63, 3.8) is 0 Å². The van der Waals surface area contributed by atoms with Gasteiger partial charge in [0.2, 0.25) is 5.75 Å². The Morgan fingerprint density at radius 3 is 2.44 bits per heavy atom. The zero-order chi connectivity index (χ0) is 13.7. The summed E-state index contributed by atoms with van der Waals surface area (Å²) in [6, 6.07) is 3.28. The highest BCUT2D eigenvalue weighted by Crippen LogP contribution is 2.36. The van der Waals surface area contributed by atoms with Gasteiger partial charge in [-0.15, -0.1) is 0 Å². The minimum absolute atomic E-state index is 0.461. The van der Waals surface area contributed by atoms with Gasteiger partial charge in [0, 0.05) is 12.1 Å². The van der Waals surface area contributed by atoms with Crippen LogP contribution in [0.5, 0.6) is 5.75 Å². The fourth-order valence-electron chi connectivity index (χ4n) is 1.20. The summed E-state index contributed by atoms with van der Waals surface area (Å²) < 4.78 is 4.67. The minimum atomic E-state index is -0.962. The highest BCUT2D eigenvalue weighted by atomic mass is 16.6. The van der Waals surface area contributed by atoms with Crippen LogP contribution in [0.1, 0.15) is 6.92 Å². The van der Waals surface area contributed by atoms with Gasteiger partial charge in [-0.2, -0.15) is 0 Å². The number of nitro groups is 2. The maximum absolute atomic E-state index is 11.2. The van der Waals surface area contributed by atoms with Crippen molar-refractivity contribution < 1.29 is 19.4 Å². The molecular formula is C10H8N2O6. The standard InChI is InChI=1S/C10H8N2O6/c1-2-4-9(13)18-8-6-3-5-7(11(14)15)10(8)12(16)17/h2-6H,1H3. The van der Waals surface area contributed by atoms with Crippen molar-refractivity contribution in [3.8, 4) is 5.75 Å². The van der Waals surface area contributed by atoms with Gasteiger partial charge < -0.3 is 4.74 Å². The molecule has 94 valence electrons. The normalized spacial score (nSPS) is 10.3. The summed E-state index contributed by atoms with van der Waals surface area (Å²) >= 11 is 0. The van der Waals surface area contributed by atoms with E-state index in [0.29, 0.717) is 0 Å². The molecule has 0 unspecified atom stereocenters. The van der Waals surface area contributed by atoms with Crippen molar-refractivity contribution in [1.29, 1.82) is 0 Å². The summed E-state index contributed by atoms with van der Waals surface area (Å²) in [4.78, 5) is 30.7. The van der Waals surface area contributed by atoms with E-state index in [0.717, 1.165) is 18.2 Å². The number of carbonyl (C=O) groups excluding carboxylic acids is 1. The second kappa shape index (κ2) is 5.53. The van der Waals surface area contributed by atoms with Crippen molar-refractivity contribution in [2.24, 2.45) is 0 Å². The van der Waals surface area contributed by atoms with Gasteiger partial charge in [0.15, 0.2) is 0 Å². The van der Waals surface area contributed by atoms with Crippen LogP contribution < -0.4 is 4.74 Å². The first-order valence-electron chi connectivity index (χ1n) is 4.73. The minimum Gasteiger partial charge on any atom is -0.416 e. The Morgan fingerprint density at radius 1 is 1.28 bits per heavy atom. The number of ether oxygens (including phenoxy) is 1. The highest BCUT2D eigenvalue weighted by molar-refractivity contribution is 5.85. The molecule has 0 N–H and O–H groups in total. The van der Waals surface area contributed by atoms with Gasteiger partial charge in [0.25, 0.3) is 0 Å². The fourth-order valence-corrected chi connectivity index (χ4v) is 1.20. The largest absolute Gasteiger partial charge is 0.416 e. The van der Waals surface area contributed by atoms with E-state index < -0.39 is 32.9 Å². The first-order chi connectivity index (χ1) is 8.47. The molecule has 0 aliphatic carbocycles. The number of para-hydroxylation sites is 1. The zero-order valence-corrected chi connectivity index (χ0v) is 9.23. The number of hydrogen-bond acceptors (Lipinski definition) is 6. The number of carbonyl (C=O) groups is 1. The third-order valence-corrected chi connectivity index (χ3v) is 1.87. The van der Waals surface area contributed by atoms with Crippen LogP contribution in [-0.2, 0) is 4.79 Å². The number of esters is 1. The maximum atomic E-state index is 11.2. The topological polar surface area (TPSA) is 113 Å². The number of nitrogens with zero attached hydrogens (tertiary/aromatic N) is 2. The van der Waals surface area contributed by atoms with Crippen molar-refractivity contribution in [2.45, 2.75) is 6.92 Å². The van der Waals surface area contributed by atoms with E-state index in [1.807, 2.05) is 0 Å². The Bertz CT molecular complexity index is 537. The number of rotatable bonds is 4. The van der Waals surface area contributed by atoms with Gasteiger partial charge in [0.05, 0.1) is 9.85 Å². The zero-order valence-electron chi connectivity index (χ0n) is 9.23. The van der Waals surface area contributed by atoms with E-state index in [2.05, 4.69) is 4.74 Å². The van der Waals surface area contributed by atoms with Crippen molar-refractivity contribution in [1.82, 2.24) is 0 Å². The Balaban J connectivity index is 3.27. The SMILES string of the molecule is CC=CC(=O)Oc1cccc([N+](=O)[O-])c1[N+](=O)[O-]. The van der Waals surface area contributed by atoms with Gasteiger partial charge in [-0.25, -0.2) is 4.79 Å². The summed E-state index contributed by atoms with van der Waals surface area (Å²) in [6.45, 7) is 1.56. The van der Waals surface area contributed by atoms with Gasteiger partial charge >= 0.3 is 17.3 Å². The van der Waals surface area contributed by atoms with Gasteiger partial charge in [-0.1, -0.05) is 12.1 Å². The smallest absolute Gasteiger partial charge is 0.388 e. The summed E-state index contributed by atoms with van der Waals surface area (Å²) in [5.74, 6) is -1.31. The molecule has 1 aromatic carbocycles. The van der Waals surface area contributed by atoms with E-state index in [-0.39, 0.29) is 0 Å². The highest BCUT2D eigenvalue weighted by Gasteiger charge is 2.30. The molecule has 0 atom stereocenters. The summed E-state index contributed by atoms with van der Waals surface area (Å²) in [5, 5.41) is 21.4. The quantitative estimate of drug-likeness (QED) is 0.266. The molecule has 18 heavy (non-hydrogen) atoms. The predicted molar refractivity (Wildman–Crippen MR) is 60.2 cm³/mol. The first-order valence-corrected chi connectivity index (χ1v) is 4.73. The molecule has 8 nitrogen and oxygen atoms in total. The van der Waals surface area contributed by atoms with Crippen LogP contribution in [0.25, 0.3) is 0 Å². The molecule has 0 aliphatic heterocycles. The van der Waals surface area contributed by atoms with E-state index >= 15 is 0 Å². The Morgan fingerprint density at radius 2 is 1.94 bits per heavy atom. The molecule has 0 bridgehead atoms. The van der Waals surface area contributed by atoms with Crippen LogP contribution in [0.4, 0.5) is 11.4 Å². The lowest BCUT2D eigenvalue weighted by molar-refractivity contribution is -0.423. The van der Waals surface area contributed by atoms with Crippen molar-refractivity contribution in [2.75, 3.05) is 0 Å². The molecular weight excluding hydrogens is 244 g/mol. The lowest BCUT2D eigenvalue weighted by atomic mass is 10.2. The molecule has 0 aromatic heterocycles. The lowest BCUT2D eigenvalue weighted by Crippen LogP contribution is -2.07. The molecule has 1 rings (SSSR count). The van der Waals surface area contributed by atoms with Crippen molar-refractivity contribution >= 4 is 17.3 Å². The van der Waals surface area contributed by atoms with Crippen molar-refractivity contribution in [3.05, 3.63) is 50.6 Å². The molecule has 0 radical (unpaired) electrons. The molecule has 0 aliphatic rings. The summed E-state index contributed by atoms with van der Waals surface area (Å²) in [5.41, 5.74) is -1.58. The monoisotopic (exact) mass is 252 g/mol. The molecule has 0 saturated carbocycles. The van der Waals surface area contributed by atoms with Crippen LogP contribution in [0.3, 0.4) is 0 Å². The molecule has 0 spiro atoms. The van der Waals surface area contributed by atoms with E-state index in [1.54, 1.807) is 6.92 Å². The van der Waals surface area contributed by atoms with Crippen LogP contribution >= 0.6 is 0 Å². The van der Waals surface area contributed by atoms with Crippen LogP contribution in [0.15, 0.2) is 30.4 Å². The number of benzene rings is 1. The Kier molecular flexibility index (Phi) is 4.08. The van der Waals surface area contributed by atoms with Crippen LogP contribution in [0.2, 0.25) is 0 Å². The number of allylic oxidation sites excluding steroid dienone is 1. The van der Waals surface area contributed by atoms with Crippen LogP contribution in [0, 0.1) is 20.2 Å². The van der Waals surface area contributed by atoms with Gasteiger partial charge in [-0.05, 0) is 13.0 Å². The lowest BCUT2D eigenvalue weighted by Gasteiger charge is -2.02. The molecule has 0 fully saturated rings. The van der Waals surface area contributed by atoms with Gasteiger partial charge in [-0.3, -0.25) is 20.2 Å². The summed E-state index contributed by atoms with van der Waals surface area (Å²) in [6.07, 6.45) is 2.42. The molecule has 0 amide bonds. The molecule has 8 heteroatoms. The first kappa shape index (κ1) is 13.3. The third-order valence-electron chi connectivity index (χ3n) is 1.87. The second-order valence-electron chi connectivity index (χ2n) is 3.06. The fraction of sp³-hybridized carbons (Fsp3) is 0.100. The Labute approximate surface area is 101 Å². The van der Waals surface area contributed by atoms with Gasteiger partial charge in [0.1, 0.15) is 0 Å². The second-order valence-corrected chi connectivity index (χ2v) is 3.06. The van der Waals surface area contributed by atoms with Crippen LogP contribution in [-0.4, -0.2) is 15.8 Å². The maximum Gasteiger partial charge on any atom is 0.388 e. The van der Waals surface area contributed by atoms with E-state index in [1.165, 1.54) is 12.1 Å². The number of hydrogen-bond donors (Lipinski definition) is 0. The average Bonchev–Trinajstić information content (AvgIpc) is 2.28. The van der Waals surface area contributed by atoms with E-state index in [4.69, 9.17) is 0 Å². The Hall–Kier alpha value is -2.77. The molecule has 0 saturated heterocycles. The van der Waals surface area contributed by atoms with E-state index in [9.17, 15) is 25.0 Å². The number of nitro benzene ring substituents is 2. The molecule has 0 heterocycles. The molecule has 1 aromatic rings. The average molecular weight is 252 g/mol. The third kappa shape index (κ3) is 2.88. The predicted octanol–water partition coefficient (Wildman–Crippen LogP) is 1.98.